The van der Waals surface area contributed by atoms with Crippen LogP contribution >= 0.6 is 0 Å². The molecule has 144 valence electrons. The highest BCUT2D eigenvalue weighted by Crippen LogP contribution is 2.42. The molecule has 0 saturated carbocycles. The van der Waals surface area contributed by atoms with Crippen LogP contribution in [-0.4, -0.2) is 42.5 Å². The number of fused-ring (bicyclic) bond motifs is 2. The lowest BCUT2D eigenvalue weighted by atomic mass is 9.79. The molecule has 6 heteroatoms. The standard InChI is InChI=1S/C21H25NO5/c1-12-10-15-11-14-5-4-13(6-7-16-26-8-3-9-27-16)19(23)17(14)20(24)18(15)21(22-12)25-2/h10-11,13,16,24H,3-9H2,1-2H3. The van der Waals surface area contributed by atoms with Crippen molar-refractivity contribution in [3.63, 3.8) is 0 Å². The van der Waals surface area contributed by atoms with Gasteiger partial charge in [-0.15, -0.1) is 0 Å². The summed E-state index contributed by atoms with van der Waals surface area (Å²) in [4.78, 5) is 17.5. The monoisotopic (exact) mass is 371 g/mol. The number of ketones is 1. The van der Waals surface area contributed by atoms with E-state index in [1.165, 1.54) is 7.11 Å². The summed E-state index contributed by atoms with van der Waals surface area (Å²) in [6.07, 6.45) is 3.65. The molecule has 2 heterocycles. The summed E-state index contributed by atoms with van der Waals surface area (Å²) in [6, 6.07) is 3.90. The largest absolute Gasteiger partial charge is 0.506 e. The molecule has 0 radical (unpaired) electrons. The van der Waals surface area contributed by atoms with Crippen molar-refractivity contribution in [2.45, 2.75) is 45.3 Å². The van der Waals surface area contributed by atoms with Crippen molar-refractivity contribution in [2.24, 2.45) is 5.92 Å². The number of Topliss-reactive ketones (excluding diaryl/α,β-unsaturated/α-hetero) is 1. The summed E-state index contributed by atoms with van der Waals surface area (Å²) in [5, 5.41) is 12.3. The number of carbonyl (C=O) groups excluding carboxylic acids is 1. The SMILES string of the molecule is COc1nc(C)cc2cc3c(c(O)c12)C(=O)C(CCC1OCCCO1)CC3. The number of methoxy groups -OCH3 is 1. The van der Waals surface area contributed by atoms with E-state index in [0.29, 0.717) is 42.9 Å². The highest BCUT2D eigenvalue weighted by Gasteiger charge is 2.32. The molecule has 1 aromatic carbocycles. The second kappa shape index (κ2) is 7.44. The number of phenols is 1. The number of hydrogen-bond acceptors (Lipinski definition) is 6. The van der Waals surface area contributed by atoms with E-state index in [1.807, 2.05) is 19.1 Å². The fourth-order valence-electron chi connectivity index (χ4n) is 4.16. The number of benzene rings is 1. The van der Waals surface area contributed by atoms with Crippen molar-refractivity contribution in [3.8, 4) is 11.6 Å². The number of aryl methyl sites for hydroxylation is 2. The van der Waals surface area contributed by atoms with Crippen LogP contribution in [0.4, 0.5) is 0 Å². The van der Waals surface area contributed by atoms with Crippen LogP contribution in [0.2, 0.25) is 0 Å². The first kappa shape index (κ1) is 18.2. The number of pyridine rings is 1. The van der Waals surface area contributed by atoms with Gasteiger partial charge in [0.1, 0.15) is 5.75 Å². The first-order valence-electron chi connectivity index (χ1n) is 9.56. The molecule has 0 bridgehead atoms. The summed E-state index contributed by atoms with van der Waals surface area (Å²) in [5.74, 6) is 0.212. The second-order valence-electron chi connectivity index (χ2n) is 7.33. The van der Waals surface area contributed by atoms with Gasteiger partial charge >= 0.3 is 0 Å². The number of aromatic hydroxyl groups is 1. The van der Waals surface area contributed by atoms with Gasteiger partial charge in [-0.05, 0) is 62.1 Å². The fraction of sp³-hybridized carbons (Fsp3) is 0.524. The van der Waals surface area contributed by atoms with Crippen LogP contribution in [-0.2, 0) is 15.9 Å². The Bertz CT molecular complexity index is 873. The topological polar surface area (TPSA) is 77.9 Å². The molecule has 2 aliphatic rings. The van der Waals surface area contributed by atoms with Gasteiger partial charge < -0.3 is 19.3 Å². The summed E-state index contributed by atoms with van der Waals surface area (Å²) in [7, 11) is 1.52. The van der Waals surface area contributed by atoms with Gasteiger partial charge in [-0.3, -0.25) is 4.79 Å². The maximum atomic E-state index is 13.1. The lowest BCUT2D eigenvalue weighted by Crippen LogP contribution is -2.28. The van der Waals surface area contributed by atoms with Crippen molar-refractivity contribution in [2.75, 3.05) is 20.3 Å². The first-order valence-corrected chi connectivity index (χ1v) is 9.56. The molecule has 1 atom stereocenters. The Labute approximate surface area is 158 Å². The lowest BCUT2D eigenvalue weighted by molar-refractivity contribution is -0.182. The van der Waals surface area contributed by atoms with Crippen LogP contribution in [0.5, 0.6) is 11.6 Å². The third kappa shape index (κ3) is 3.39. The van der Waals surface area contributed by atoms with Crippen LogP contribution in [0.1, 0.15) is 47.3 Å². The van der Waals surface area contributed by atoms with Gasteiger partial charge in [-0.1, -0.05) is 0 Å². The molecule has 1 aromatic heterocycles. The Hall–Kier alpha value is -2.18. The summed E-state index contributed by atoms with van der Waals surface area (Å²) in [5.41, 5.74) is 2.14. The Morgan fingerprint density at radius 1 is 1.26 bits per heavy atom. The molecule has 0 amide bonds. The second-order valence-corrected chi connectivity index (χ2v) is 7.33. The molecule has 1 N–H and O–H groups in total. The van der Waals surface area contributed by atoms with Crippen molar-refractivity contribution in [1.29, 1.82) is 0 Å². The predicted octanol–water partition coefficient (Wildman–Crippen LogP) is 3.55. The fourth-order valence-corrected chi connectivity index (χ4v) is 4.16. The van der Waals surface area contributed by atoms with E-state index in [9.17, 15) is 9.90 Å². The zero-order chi connectivity index (χ0) is 19.0. The van der Waals surface area contributed by atoms with Crippen molar-refractivity contribution < 1.29 is 24.1 Å². The Morgan fingerprint density at radius 2 is 2.04 bits per heavy atom. The summed E-state index contributed by atoms with van der Waals surface area (Å²) in [6.45, 7) is 3.31. The van der Waals surface area contributed by atoms with Crippen LogP contribution in [0.25, 0.3) is 10.8 Å². The molecule has 1 aliphatic heterocycles. The quantitative estimate of drug-likeness (QED) is 0.886. The maximum absolute atomic E-state index is 13.1. The molecule has 4 rings (SSSR count). The molecular weight excluding hydrogens is 346 g/mol. The first-order chi connectivity index (χ1) is 13.1. The number of ether oxygens (including phenoxy) is 3. The summed E-state index contributed by atoms with van der Waals surface area (Å²) < 4.78 is 16.5. The highest BCUT2D eigenvalue weighted by atomic mass is 16.7. The van der Waals surface area contributed by atoms with Crippen LogP contribution < -0.4 is 4.74 Å². The molecule has 6 nitrogen and oxygen atoms in total. The number of phenolic OH excluding ortho intramolecular Hbond substituents is 1. The number of hydrogen-bond donors (Lipinski definition) is 1. The third-order valence-corrected chi connectivity index (χ3v) is 5.49. The number of rotatable bonds is 4. The van der Waals surface area contributed by atoms with Crippen molar-refractivity contribution in [3.05, 3.63) is 29.0 Å². The zero-order valence-corrected chi connectivity index (χ0v) is 15.8. The summed E-state index contributed by atoms with van der Waals surface area (Å²) >= 11 is 0. The van der Waals surface area contributed by atoms with E-state index in [-0.39, 0.29) is 23.7 Å². The average Bonchev–Trinajstić information content (AvgIpc) is 2.67. The van der Waals surface area contributed by atoms with Crippen molar-refractivity contribution in [1.82, 2.24) is 4.98 Å². The van der Waals surface area contributed by atoms with Crippen molar-refractivity contribution >= 4 is 16.6 Å². The van der Waals surface area contributed by atoms with Gasteiger partial charge in [0.25, 0.3) is 0 Å². The number of carbonyl (C=O) groups is 1. The normalized spacial score (nSPS) is 20.7. The Morgan fingerprint density at radius 3 is 2.78 bits per heavy atom. The molecule has 0 spiro atoms. The number of aromatic nitrogens is 1. The van der Waals surface area contributed by atoms with E-state index < -0.39 is 0 Å². The zero-order valence-electron chi connectivity index (χ0n) is 15.8. The molecule has 1 unspecified atom stereocenters. The van der Waals surface area contributed by atoms with Gasteiger partial charge in [0, 0.05) is 11.6 Å². The van der Waals surface area contributed by atoms with Gasteiger partial charge in [-0.25, -0.2) is 4.98 Å². The predicted molar refractivity (Wildman–Crippen MR) is 100 cm³/mol. The maximum Gasteiger partial charge on any atom is 0.225 e. The minimum absolute atomic E-state index is 0.00547. The van der Waals surface area contributed by atoms with Crippen LogP contribution in [0.15, 0.2) is 12.1 Å². The van der Waals surface area contributed by atoms with Gasteiger partial charge in [-0.2, -0.15) is 0 Å². The highest BCUT2D eigenvalue weighted by molar-refractivity contribution is 6.09. The Balaban J connectivity index is 1.64. The van der Waals surface area contributed by atoms with E-state index in [4.69, 9.17) is 14.2 Å². The van der Waals surface area contributed by atoms with E-state index in [2.05, 4.69) is 4.98 Å². The lowest BCUT2D eigenvalue weighted by Gasteiger charge is -2.28. The van der Waals surface area contributed by atoms with E-state index in [0.717, 1.165) is 35.9 Å². The van der Waals surface area contributed by atoms with Gasteiger partial charge in [0.05, 0.1) is 31.3 Å². The van der Waals surface area contributed by atoms with Crippen LogP contribution in [0, 0.1) is 12.8 Å². The molecular formula is C21H25NO5. The molecule has 1 aliphatic carbocycles. The van der Waals surface area contributed by atoms with Gasteiger partial charge in [0.15, 0.2) is 12.1 Å². The average molecular weight is 371 g/mol. The number of nitrogens with zero attached hydrogens (tertiary/aromatic N) is 1. The Kier molecular flexibility index (Phi) is 5.02. The molecule has 27 heavy (non-hydrogen) atoms. The minimum Gasteiger partial charge on any atom is -0.506 e. The third-order valence-electron chi connectivity index (χ3n) is 5.49. The van der Waals surface area contributed by atoms with Gasteiger partial charge in [0.2, 0.25) is 5.88 Å². The van der Waals surface area contributed by atoms with E-state index in [1.54, 1.807) is 0 Å². The minimum atomic E-state index is -0.217. The molecule has 2 aromatic rings. The smallest absolute Gasteiger partial charge is 0.225 e. The van der Waals surface area contributed by atoms with Crippen LogP contribution in [0.3, 0.4) is 0 Å². The molecule has 1 saturated heterocycles. The molecule has 1 fully saturated rings. The van der Waals surface area contributed by atoms with E-state index >= 15 is 0 Å².